The number of carbonyl (C=O) groups excluding carboxylic acids is 1. The summed E-state index contributed by atoms with van der Waals surface area (Å²) >= 11 is 0. The van der Waals surface area contributed by atoms with Crippen LogP contribution in [0, 0.1) is 0 Å². The van der Waals surface area contributed by atoms with Crippen molar-refractivity contribution in [3.63, 3.8) is 0 Å². The smallest absolute Gasteiger partial charge is 0.356 e. The van der Waals surface area contributed by atoms with E-state index < -0.39 is 16.1 Å². The number of nitrogens with zero attached hydrogens (tertiary/aromatic N) is 1. The number of ether oxygens (including phenoxy) is 2. The number of aliphatic hydroxyl groups excluding tert-OH is 1. The molecule has 0 saturated carbocycles. The number of para-hydroxylation sites is 1. The molecule has 0 aliphatic heterocycles. The maximum absolute atomic E-state index is 12.7. The Bertz CT molecular complexity index is 1130. The fraction of sp³-hybridized carbons (Fsp3) is 0.200. The van der Waals surface area contributed by atoms with Gasteiger partial charge in [-0.1, -0.05) is 18.2 Å². The summed E-state index contributed by atoms with van der Waals surface area (Å²) in [5.74, 6) is -0.594. The van der Waals surface area contributed by atoms with Crippen LogP contribution in [0.1, 0.15) is 16.8 Å². The third-order valence-electron chi connectivity index (χ3n) is 3.91. The number of hydrogen-bond acceptors (Lipinski definition) is 8. The number of hydrogen-bond donors (Lipinski definition) is 1. The summed E-state index contributed by atoms with van der Waals surface area (Å²) in [6.07, 6.45) is 0.373. The zero-order valence-corrected chi connectivity index (χ0v) is 16.4. The van der Waals surface area contributed by atoms with Gasteiger partial charge in [0.05, 0.1) is 24.8 Å². The van der Waals surface area contributed by atoms with Crippen molar-refractivity contribution in [3.8, 4) is 11.5 Å². The molecule has 0 radical (unpaired) electrons. The predicted octanol–water partition coefficient (Wildman–Crippen LogP) is 2.55. The number of fused-ring (bicyclic) bond motifs is 1. The van der Waals surface area contributed by atoms with Crippen LogP contribution in [0.3, 0.4) is 0 Å². The molecule has 0 atom stereocenters. The van der Waals surface area contributed by atoms with Crippen molar-refractivity contribution >= 4 is 27.0 Å². The van der Waals surface area contributed by atoms with E-state index in [1.807, 2.05) is 12.1 Å². The quantitative estimate of drug-likeness (QED) is 0.338. The molecule has 0 amide bonds. The van der Waals surface area contributed by atoms with Crippen LogP contribution in [0.2, 0.25) is 0 Å². The maximum atomic E-state index is 12.7. The Morgan fingerprint density at radius 3 is 2.59 bits per heavy atom. The van der Waals surface area contributed by atoms with Crippen LogP contribution in [0.25, 0.3) is 10.9 Å². The Hall–Kier alpha value is -3.17. The van der Waals surface area contributed by atoms with Gasteiger partial charge in [-0.3, -0.25) is 0 Å². The summed E-state index contributed by atoms with van der Waals surface area (Å²) in [4.78, 5) is 16.0. The second-order valence-electron chi connectivity index (χ2n) is 5.99. The Balaban J connectivity index is 1.93. The molecule has 3 rings (SSSR count). The predicted molar refractivity (Wildman–Crippen MR) is 105 cm³/mol. The average Bonchev–Trinajstić information content (AvgIpc) is 2.72. The van der Waals surface area contributed by atoms with Crippen LogP contribution >= 0.6 is 0 Å². The van der Waals surface area contributed by atoms with Crippen LogP contribution < -0.4 is 8.92 Å². The lowest BCUT2D eigenvalue weighted by Gasteiger charge is -2.11. The topological polar surface area (TPSA) is 112 Å². The maximum Gasteiger partial charge on any atom is 0.356 e. The first-order valence-electron chi connectivity index (χ1n) is 8.70. The number of carbonyl (C=O) groups is 1. The number of aromatic nitrogens is 1. The molecular weight excluding hydrogens is 398 g/mol. The molecule has 1 aromatic heterocycles. The minimum absolute atomic E-state index is 0.0608. The monoisotopic (exact) mass is 417 g/mol. The van der Waals surface area contributed by atoms with Gasteiger partial charge in [0.1, 0.15) is 11.5 Å². The number of esters is 1. The zero-order valence-electron chi connectivity index (χ0n) is 15.6. The molecule has 9 heteroatoms. The molecular formula is C20H19NO7S. The summed E-state index contributed by atoms with van der Waals surface area (Å²) in [7, 11) is -3.05. The lowest BCUT2D eigenvalue weighted by Crippen LogP contribution is -2.12. The number of rotatable bonds is 8. The molecule has 0 aliphatic carbocycles. The molecule has 0 fully saturated rings. The van der Waals surface area contributed by atoms with Gasteiger partial charge in [0.25, 0.3) is 0 Å². The van der Waals surface area contributed by atoms with E-state index in [1.54, 1.807) is 18.2 Å². The third-order valence-corrected chi connectivity index (χ3v) is 5.06. The Labute approximate surface area is 167 Å². The molecule has 0 aliphatic rings. The Kier molecular flexibility index (Phi) is 6.30. The van der Waals surface area contributed by atoms with Gasteiger partial charge in [-0.25, -0.2) is 9.78 Å². The van der Waals surface area contributed by atoms with Crippen molar-refractivity contribution in [2.75, 3.05) is 20.3 Å². The standard InChI is InChI=1S/C20H19NO7S/c1-26-20(23)15-11-16(27-10-4-9-22)13-17(12-15)28-29(24,25)19-8-7-14-5-2-3-6-18(14)21-19/h2-3,5-8,11-13,22H,4,9-10H2,1H3. The molecule has 0 saturated heterocycles. The van der Waals surface area contributed by atoms with E-state index in [0.717, 1.165) is 5.39 Å². The Morgan fingerprint density at radius 1 is 1.07 bits per heavy atom. The Morgan fingerprint density at radius 2 is 1.83 bits per heavy atom. The van der Waals surface area contributed by atoms with E-state index in [4.69, 9.17) is 14.0 Å². The molecule has 0 bridgehead atoms. The number of aliphatic hydroxyl groups is 1. The lowest BCUT2D eigenvalue weighted by molar-refractivity contribution is 0.0599. The zero-order chi connectivity index (χ0) is 20.9. The van der Waals surface area contributed by atoms with Crippen LogP contribution in [-0.4, -0.2) is 44.8 Å². The van der Waals surface area contributed by atoms with Crippen molar-refractivity contribution in [1.82, 2.24) is 4.98 Å². The molecule has 3 aromatic rings. The van der Waals surface area contributed by atoms with Crippen molar-refractivity contribution < 1.29 is 32.0 Å². The van der Waals surface area contributed by atoms with Gasteiger partial charge in [-0.2, -0.15) is 8.42 Å². The summed E-state index contributed by atoms with van der Waals surface area (Å²) < 4.78 is 40.7. The van der Waals surface area contributed by atoms with Gasteiger partial charge in [0, 0.05) is 24.5 Å². The number of pyridine rings is 1. The van der Waals surface area contributed by atoms with Crippen molar-refractivity contribution in [2.45, 2.75) is 11.4 Å². The van der Waals surface area contributed by atoms with E-state index in [2.05, 4.69) is 9.72 Å². The number of benzene rings is 2. The van der Waals surface area contributed by atoms with E-state index in [9.17, 15) is 13.2 Å². The number of methoxy groups -OCH3 is 1. The minimum Gasteiger partial charge on any atom is -0.493 e. The SMILES string of the molecule is COC(=O)c1cc(OCCCO)cc(OS(=O)(=O)c2ccc3ccccc3n2)c1. The molecule has 2 aromatic carbocycles. The fourth-order valence-corrected chi connectivity index (χ4v) is 3.43. The first kappa shape index (κ1) is 20.6. The normalized spacial score (nSPS) is 11.2. The minimum atomic E-state index is -4.25. The van der Waals surface area contributed by atoms with Gasteiger partial charge in [-0.15, -0.1) is 0 Å². The highest BCUT2D eigenvalue weighted by atomic mass is 32.2. The van der Waals surface area contributed by atoms with E-state index >= 15 is 0 Å². The van der Waals surface area contributed by atoms with Crippen LogP contribution in [0.4, 0.5) is 0 Å². The van der Waals surface area contributed by atoms with E-state index in [0.29, 0.717) is 11.9 Å². The first-order chi connectivity index (χ1) is 13.9. The summed E-state index contributed by atoms with van der Waals surface area (Å²) in [6, 6.07) is 14.0. The second kappa shape index (κ2) is 8.89. The highest BCUT2D eigenvalue weighted by Crippen LogP contribution is 2.27. The molecule has 0 unspecified atom stereocenters. The van der Waals surface area contributed by atoms with E-state index in [1.165, 1.54) is 31.4 Å². The fourth-order valence-electron chi connectivity index (χ4n) is 2.55. The molecule has 0 spiro atoms. The largest absolute Gasteiger partial charge is 0.493 e. The average molecular weight is 417 g/mol. The highest BCUT2D eigenvalue weighted by molar-refractivity contribution is 7.87. The van der Waals surface area contributed by atoms with Crippen molar-refractivity contribution in [2.24, 2.45) is 0 Å². The second-order valence-corrected chi connectivity index (χ2v) is 7.48. The van der Waals surface area contributed by atoms with Gasteiger partial charge in [-0.05, 0) is 30.3 Å². The molecule has 29 heavy (non-hydrogen) atoms. The summed E-state index contributed by atoms with van der Waals surface area (Å²) in [6.45, 7) is 0.113. The third kappa shape index (κ3) is 5.01. The highest BCUT2D eigenvalue weighted by Gasteiger charge is 2.21. The first-order valence-corrected chi connectivity index (χ1v) is 10.1. The van der Waals surface area contributed by atoms with Gasteiger partial charge in [0.15, 0.2) is 5.03 Å². The summed E-state index contributed by atoms with van der Waals surface area (Å²) in [5, 5.41) is 9.40. The van der Waals surface area contributed by atoms with Gasteiger partial charge < -0.3 is 18.8 Å². The van der Waals surface area contributed by atoms with E-state index in [-0.39, 0.29) is 35.3 Å². The van der Waals surface area contributed by atoms with Crippen molar-refractivity contribution in [3.05, 3.63) is 60.2 Å². The van der Waals surface area contributed by atoms with Crippen LogP contribution in [-0.2, 0) is 14.9 Å². The summed E-state index contributed by atoms with van der Waals surface area (Å²) in [5.41, 5.74) is 0.569. The lowest BCUT2D eigenvalue weighted by atomic mass is 10.2. The van der Waals surface area contributed by atoms with Crippen LogP contribution in [0.15, 0.2) is 59.6 Å². The molecule has 8 nitrogen and oxygen atoms in total. The van der Waals surface area contributed by atoms with Gasteiger partial charge >= 0.3 is 16.1 Å². The molecule has 1 N–H and O–H groups in total. The molecule has 152 valence electrons. The van der Waals surface area contributed by atoms with Crippen LogP contribution in [0.5, 0.6) is 11.5 Å². The van der Waals surface area contributed by atoms with Gasteiger partial charge in [0.2, 0.25) is 0 Å². The van der Waals surface area contributed by atoms with Crippen molar-refractivity contribution in [1.29, 1.82) is 0 Å². The molecule has 1 heterocycles.